The van der Waals surface area contributed by atoms with Gasteiger partial charge in [0.25, 0.3) is 0 Å². The van der Waals surface area contributed by atoms with Gasteiger partial charge < -0.3 is 96.1 Å². The Morgan fingerprint density at radius 1 is 0.537 bits per heavy atom. The molecule has 0 radical (unpaired) electrons. The van der Waals surface area contributed by atoms with E-state index in [0.29, 0.717) is 49.7 Å². The minimum atomic E-state index is -1.65. The number of carboxylic acid groups (broad SMARTS) is 1. The van der Waals surface area contributed by atoms with Crippen molar-refractivity contribution in [2.75, 3.05) is 52.4 Å². The molecule has 5 rings (SSSR count). The molecule has 95 heavy (non-hydrogen) atoms. The molecule has 0 aliphatic carbocycles. The largest absolute Gasteiger partial charge is 0.480 e. The third kappa shape index (κ3) is 23.2. The molecule has 3 aliphatic rings. The summed E-state index contributed by atoms with van der Waals surface area (Å²) in [6.07, 6.45) is 2.62. The van der Waals surface area contributed by atoms with Crippen molar-refractivity contribution in [3.8, 4) is 0 Å². The highest BCUT2D eigenvalue weighted by atomic mass is 16.4. The first-order valence-electron chi connectivity index (χ1n) is 32.3. The van der Waals surface area contributed by atoms with E-state index in [1.807, 2.05) is 0 Å². The normalized spacial score (nSPS) is 18.4. The number of aliphatic hydroxyl groups excluding tert-OH is 1. The summed E-state index contributed by atoms with van der Waals surface area (Å²) < 4.78 is 0. The Balaban J connectivity index is 1.28. The highest BCUT2D eigenvalue weighted by Crippen LogP contribution is 2.27. The summed E-state index contributed by atoms with van der Waals surface area (Å²) in [7, 11) is 0. The fourth-order valence-corrected chi connectivity index (χ4v) is 11.6. The number of hydrogen-bond acceptors (Lipinski definition) is 16. The standard InChI is InChI=1S/C63H96N18O14/c1-5-37(4)51(61(94)95)78-57(90)50(36(2)3)77-52(85)40(21-12-26-69-62(65)66)74-54(87)43(32-39-19-10-7-11-20-39)75-56(89)46-24-15-28-79(46)59(92)44(35-82)76-53(86)42(31-38-17-8-6-9-18-38)73-49(84)34-71-55(88)45-23-14-29-80(45)60(93)47-25-16-30-81(47)58(91)41(72-48(83)33-64)22-13-27-70-63(67)68/h6-11,17-20,36-37,40-47,50-51,82H,5,12-16,21-35,64H2,1-4H3,(H,71,88)(H,72,83)(H,73,84)(H,74,87)(H,75,89)(H,76,86)(H,77,85)(H,78,90)(H,94,95)(H4,65,66,69)(H4,67,68,70)/t37-,40-,41-,42-,43-,44-,45-,46-,47-,50-,51-/m0/s1. The SMILES string of the molecule is CC[C@H](C)[C@H](NC(=O)[C@@H](NC(=O)[C@H](CCCN=C(N)N)NC(=O)[C@H](Cc1ccccc1)NC(=O)[C@@H]1CCCN1C(=O)[C@H](CO)NC(=O)[C@H](Cc1ccccc1)NC(=O)CNC(=O)[C@@H]1CCCN1C(=O)[C@@H]1CCCN1C(=O)[C@H](CCCN=C(N)N)NC(=O)CN)C(C)C)C(=O)O. The summed E-state index contributed by atoms with van der Waals surface area (Å²) in [6, 6.07) is 4.63. The van der Waals surface area contributed by atoms with Crippen molar-refractivity contribution in [1.82, 2.24) is 57.2 Å². The van der Waals surface area contributed by atoms with Crippen LogP contribution >= 0.6 is 0 Å². The van der Waals surface area contributed by atoms with E-state index in [9.17, 15) is 67.7 Å². The monoisotopic (exact) mass is 1330 g/mol. The van der Waals surface area contributed by atoms with Gasteiger partial charge in [0.15, 0.2) is 11.9 Å². The Morgan fingerprint density at radius 2 is 0.989 bits per heavy atom. The van der Waals surface area contributed by atoms with Gasteiger partial charge in [-0.3, -0.25) is 62.7 Å². The molecule has 11 atom stereocenters. The number of aliphatic imine (C=N–C) groups is 2. The van der Waals surface area contributed by atoms with Crippen molar-refractivity contribution in [2.45, 2.75) is 172 Å². The molecule has 522 valence electrons. The zero-order chi connectivity index (χ0) is 69.9. The number of rotatable bonds is 36. The third-order valence-electron chi connectivity index (χ3n) is 16.9. The number of aliphatic hydroxyl groups is 1. The third-order valence-corrected chi connectivity index (χ3v) is 16.9. The Bertz CT molecular complexity index is 3040. The average molecular weight is 1330 g/mol. The van der Waals surface area contributed by atoms with Crippen LogP contribution in [0.15, 0.2) is 70.6 Å². The van der Waals surface area contributed by atoms with Crippen LogP contribution < -0.4 is 71.2 Å². The quantitative estimate of drug-likeness (QED) is 0.0175. The van der Waals surface area contributed by atoms with Crippen molar-refractivity contribution < 1.29 is 67.7 Å². The lowest BCUT2D eigenvalue weighted by atomic mass is 9.97. The molecule has 0 spiro atoms. The predicted molar refractivity (Wildman–Crippen MR) is 349 cm³/mol. The Hall–Kier alpha value is -9.46. The molecule has 3 saturated heterocycles. The van der Waals surface area contributed by atoms with E-state index < -0.39 is 156 Å². The van der Waals surface area contributed by atoms with Crippen LogP contribution in [0.2, 0.25) is 0 Å². The first kappa shape index (κ1) is 76.3. The summed E-state index contributed by atoms with van der Waals surface area (Å²) in [4.78, 5) is 178. The predicted octanol–water partition coefficient (Wildman–Crippen LogP) is -4.20. The molecule has 3 aliphatic heterocycles. The molecule has 0 aromatic heterocycles. The van der Waals surface area contributed by atoms with E-state index >= 15 is 0 Å². The van der Waals surface area contributed by atoms with Gasteiger partial charge in [-0.15, -0.1) is 0 Å². The average Bonchev–Trinajstić information content (AvgIpc) is 1.71. The maximum atomic E-state index is 14.6. The maximum Gasteiger partial charge on any atom is 0.326 e. The van der Waals surface area contributed by atoms with Crippen molar-refractivity contribution in [3.63, 3.8) is 0 Å². The van der Waals surface area contributed by atoms with Crippen molar-refractivity contribution in [1.29, 1.82) is 0 Å². The minimum absolute atomic E-state index is 0.00485. The summed E-state index contributed by atoms with van der Waals surface area (Å²) in [5.41, 5.74) is 28.7. The highest BCUT2D eigenvalue weighted by molar-refractivity contribution is 5.99. The van der Waals surface area contributed by atoms with Gasteiger partial charge in [-0.2, -0.15) is 0 Å². The number of nitrogens with one attached hydrogen (secondary N) is 8. The molecular weight excluding hydrogens is 1230 g/mol. The molecule has 32 heteroatoms. The van der Waals surface area contributed by atoms with E-state index in [-0.39, 0.29) is 96.1 Å². The molecule has 0 saturated carbocycles. The van der Waals surface area contributed by atoms with Gasteiger partial charge in [-0.05, 0) is 87.2 Å². The van der Waals surface area contributed by atoms with Crippen LogP contribution in [0, 0.1) is 11.8 Å². The van der Waals surface area contributed by atoms with Gasteiger partial charge in [-0.1, -0.05) is 94.8 Å². The van der Waals surface area contributed by atoms with Crippen molar-refractivity contribution >= 4 is 82.9 Å². The molecule has 2 aromatic carbocycles. The van der Waals surface area contributed by atoms with Gasteiger partial charge in [0.2, 0.25) is 65.0 Å². The van der Waals surface area contributed by atoms with Crippen molar-refractivity contribution in [2.24, 2.45) is 50.5 Å². The van der Waals surface area contributed by atoms with Crippen LogP contribution in [-0.2, 0) is 70.4 Å². The zero-order valence-electron chi connectivity index (χ0n) is 54.5. The smallest absolute Gasteiger partial charge is 0.326 e. The molecular formula is C63H96N18O14. The van der Waals surface area contributed by atoms with E-state index in [2.05, 4.69) is 52.5 Å². The number of guanidine groups is 2. The zero-order valence-corrected chi connectivity index (χ0v) is 54.5. The fraction of sp³-hybridized carbons (Fsp3) is 0.587. The minimum Gasteiger partial charge on any atom is -0.480 e. The Labute approximate surface area is 552 Å². The van der Waals surface area contributed by atoms with Gasteiger partial charge in [0, 0.05) is 45.6 Å². The van der Waals surface area contributed by atoms with Crippen LogP contribution in [-0.4, -0.2) is 221 Å². The number of carbonyl (C=O) groups excluding carboxylic acids is 11. The topological polar surface area (TPSA) is 506 Å². The second-order valence-corrected chi connectivity index (χ2v) is 24.3. The number of benzene rings is 2. The molecule has 0 unspecified atom stereocenters. The molecule has 20 N–H and O–H groups in total. The van der Waals surface area contributed by atoms with Crippen LogP contribution in [0.5, 0.6) is 0 Å². The number of aliphatic carboxylic acids is 1. The molecule has 11 amide bonds. The molecule has 3 heterocycles. The van der Waals surface area contributed by atoms with Gasteiger partial charge in [-0.25, -0.2) is 4.79 Å². The number of likely N-dealkylation sites (tertiary alicyclic amines) is 3. The highest BCUT2D eigenvalue weighted by Gasteiger charge is 2.45. The molecule has 0 bridgehead atoms. The van der Waals surface area contributed by atoms with Gasteiger partial charge in [0.1, 0.15) is 60.4 Å². The van der Waals surface area contributed by atoms with Crippen molar-refractivity contribution in [3.05, 3.63) is 71.8 Å². The molecule has 3 fully saturated rings. The Morgan fingerprint density at radius 3 is 1.49 bits per heavy atom. The van der Waals surface area contributed by atoms with Gasteiger partial charge in [0.05, 0.1) is 19.7 Å². The number of carbonyl (C=O) groups is 12. The van der Waals surface area contributed by atoms with Crippen LogP contribution in [0.1, 0.15) is 109 Å². The first-order chi connectivity index (χ1) is 45.3. The number of amides is 11. The molecule has 32 nitrogen and oxygen atoms in total. The summed E-state index contributed by atoms with van der Waals surface area (Å²) in [6.45, 7) is 5.39. The van der Waals surface area contributed by atoms with E-state index in [0.717, 1.165) is 0 Å². The number of carboxylic acids is 1. The number of hydrogen-bond donors (Lipinski definition) is 15. The second kappa shape index (κ2) is 38.0. The summed E-state index contributed by atoms with van der Waals surface area (Å²) >= 11 is 0. The second-order valence-electron chi connectivity index (χ2n) is 24.3. The van der Waals surface area contributed by atoms with Crippen LogP contribution in [0.25, 0.3) is 0 Å². The van der Waals surface area contributed by atoms with E-state index in [1.54, 1.807) is 88.4 Å². The lowest BCUT2D eigenvalue weighted by Crippen LogP contribution is -2.61. The fourth-order valence-electron chi connectivity index (χ4n) is 11.6. The van der Waals surface area contributed by atoms with Gasteiger partial charge >= 0.3 is 5.97 Å². The van der Waals surface area contributed by atoms with Crippen LogP contribution in [0.4, 0.5) is 0 Å². The lowest BCUT2D eigenvalue weighted by molar-refractivity contribution is -0.148. The van der Waals surface area contributed by atoms with Crippen LogP contribution in [0.3, 0.4) is 0 Å². The lowest BCUT2D eigenvalue weighted by Gasteiger charge is -2.33. The Kier molecular flexibility index (Phi) is 30.5. The van der Waals surface area contributed by atoms with E-state index in [4.69, 9.17) is 28.7 Å². The van der Waals surface area contributed by atoms with E-state index in [1.165, 1.54) is 14.7 Å². The number of nitrogens with zero attached hydrogens (tertiary/aromatic N) is 5. The molecule has 2 aromatic rings. The number of nitrogens with two attached hydrogens (primary N) is 5. The summed E-state index contributed by atoms with van der Waals surface area (Å²) in [5.74, 6) is -10.6. The first-order valence-corrected chi connectivity index (χ1v) is 32.3. The maximum absolute atomic E-state index is 14.6. The summed E-state index contributed by atoms with van der Waals surface area (Å²) in [5, 5.41) is 41.6.